The molecule has 0 amide bonds. The van der Waals surface area contributed by atoms with Gasteiger partial charge >= 0.3 is 0 Å². The summed E-state index contributed by atoms with van der Waals surface area (Å²) in [5.41, 5.74) is 8.95. The second kappa shape index (κ2) is 16.3. The molecule has 0 saturated carbocycles. The summed E-state index contributed by atoms with van der Waals surface area (Å²) >= 11 is 0. The molecule has 0 aliphatic heterocycles. The third kappa shape index (κ3) is 9.49. The number of rotatable bonds is 7. The summed E-state index contributed by atoms with van der Waals surface area (Å²) in [7, 11) is 0. The van der Waals surface area contributed by atoms with Crippen LogP contribution in [-0.4, -0.2) is 0 Å². The van der Waals surface area contributed by atoms with Crippen LogP contribution in [0.1, 0.15) is 119 Å². The molecule has 0 aromatic heterocycles. The highest BCUT2D eigenvalue weighted by Gasteiger charge is 2.07. The van der Waals surface area contributed by atoms with Gasteiger partial charge in [-0.1, -0.05) is 128 Å². The Morgan fingerprint density at radius 1 is 0.559 bits per heavy atom. The third-order valence-electron chi connectivity index (χ3n) is 6.74. The monoisotopic (exact) mass is 458 g/mol. The lowest BCUT2D eigenvalue weighted by atomic mass is 9.91. The lowest BCUT2D eigenvalue weighted by Crippen LogP contribution is -1.97. The van der Waals surface area contributed by atoms with Crippen LogP contribution >= 0.6 is 0 Å². The van der Waals surface area contributed by atoms with Crippen molar-refractivity contribution < 1.29 is 0 Å². The van der Waals surface area contributed by atoms with Crippen molar-refractivity contribution in [2.24, 2.45) is 0 Å². The molecule has 0 unspecified atom stereocenters. The van der Waals surface area contributed by atoms with Gasteiger partial charge in [0.2, 0.25) is 0 Å². The highest BCUT2D eigenvalue weighted by atomic mass is 14.1. The predicted octanol–water partition coefficient (Wildman–Crippen LogP) is 10.6. The zero-order valence-corrected chi connectivity index (χ0v) is 23.5. The van der Waals surface area contributed by atoms with Crippen LogP contribution < -0.4 is 0 Å². The Morgan fingerprint density at radius 3 is 1.44 bits per heavy atom. The van der Waals surface area contributed by atoms with Crippen molar-refractivity contribution >= 4 is 0 Å². The van der Waals surface area contributed by atoms with Crippen molar-refractivity contribution in [2.45, 2.75) is 106 Å². The van der Waals surface area contributed by atoms with E-state index in [0.29, 0.717) is 11.8 Å². The number of benzene rings is 3. The minimum atomic E-state index is 0.642. The molecule has 3 aromatic carbocycles. The Balaban J connectivity index is 0.000000255. The Morgan fingerprint density at radius 2 is 1.06 bits per heavy atom. The van der Waals surface area contributed by atoms with Gasteiger partial charge < -0.3 is 0 Å². The van der Waals surface area contributed by atoms with E-state index in [9.17, 15) is 0 Å². The molecule has 0 bridgehead atoms. The van der Waals surface area contributed by atoms with Crippen LogP contribution in [0.25, 0.3) is 0 Å². The Hall–Kier alpha value is -2.34. The Bertz CT molecular complexity index is 887. The second-order valence-electron chi connectivity index (χ2n) is 9.78. The van der Waals surface area contributed by atoms with Gasteiger partial charge in [-0.25, -0.2) is 0 Å². The van der Waals surface area contributed by atoms with Gasteiger partial charge in [0.05, 0.1) is 0 Å². The molecule has 0 spiro atoms. The van der Waals surface area contributed by atoms with E-state index in [1.807, 2.05) is 0 Å². The molecule has 0 aliphatic rings. The van der Waals surface area contributed by atoms with Crippen molar-refractivity contribution in [3.8, 4) is 0 Å². The van der Waals surface area contributed by atoms with Crippen LogP contribution in [-0.2, 0) is 12.8 Å². The van der Waals surface area contributed by atoms with Crippen LogP contribution in [0.15, 0.2) is 72.8 Å². The van der Waals surface area contributed by atoms with E-state index >= 15 is 0 Å². The molecule has 3 rings (SSSR count). The first kappa shape index (κ1) is 29.7. The van der Waals surface area contributed by atoms with Crippen LogP contribution in [0, 0.1) is 6.92 Å². The fourth-order valence-electron chi connectivity index (χ4n) is 4.65. The largest absolute Gasteiger partial charge is 0.0648 e. The molecule has 34 heavy (non-hydrogen) atoms. The zero-order valence-electron chi connectivity index (χ0n) is 23.5. The van der Waals surface area contributed by atoms with Gasteiger partial charge in [0.15, 0.2) is 0 Å². The highest BCUT2D eigenvalue weighted by Crippen LogP contribution is 2.25. The molecule has 0 N–H and O–H groups in total. The van der Waals surface area contributed by atoms with Crippen molar-refractivity contribution in [1.82, 2.24) is 0 Å². The maximum absolute atomic E-state index is 2.25. The van der Waals surface area contributed by atoms with E-state index in [-0.39, 0.29) is 0 Å². The highest BCUT2D eigenvalue weighted by molar-refractivity contribution is 5.34. The second-order valence-corrected chi connectivity index (χ2v) is 9.78. The molecule has 0 saturated heterocycles. The van der Waals surface area contributed by atoms with Gasteiger partial charge in [-0.3, -0.25) is 0 Å². The van der Waals surface area contributed by atoms with Gasteiger partial charge in [0, 0.05) is 0 Å². The first-order valence-electron chi connectivity index (χ1n) is 13.5. The molecule has 0 nitrogen and oxygen atoms in total. The van der Waals surface area contributed by atoms with Gasteiger partial charge in [-0.05, 0) is 83.7 Å². The first-order valence-corrected chi connectivity index (χ1v) is 13.5. The van der Waals surface area contributed by atoms with Gasteiger partial charge in [0.25, 0.3) is 0 Å². The number of hydrogen-bond donors (Lipinski definition) is 0. The maximum Gasteiger partial charge on any atom is -0.0167 e. The average Bonchev–Trinajstić information content (AvgIpc) is 2.86. The molecule has 3 aromatic rings. The van der Waals surface area contributed by atoms with Crippen LogP contribution in [0.2, 0.25) is 0 Å². The standard InChI is InChI=1S/C12H18.2C11H16/c1-9(2)11-7-5-6-8-12(11)10(3)4;1-4-10-8-6-7-9(3)11(10)5-2;1-3-10(4-2)11-8-6-5-7-9-11/h5-10H,1-4H3;6-8H,4-5H2,1-3H3;5-10H,3-4H2,1-2H3. The summed E-state index contributed by atoms with van der Waals surface area (Å²) in [4.78, 5) is 0. The maximum atomic E-state index is 2.25. The SMILES string of the molecule is CC(C)c1ccccc1C(C)C.CCC(CC)c1ccccc1.CCc1cccc(C)c1CC. The van der Waals surface area contributed by atoms with Crippen molar-refractivity contribution in [1.29, 1.82) is 0 Å². The van der Waals surface area contributed by atoms with Gasteiger partial charge in [0.1, 0.15) is 0 Å². The fraction of sp³-hybridized carbons (Fsp3) is 0.471. The van der Waals surface area contributed by atoms with E-state index in [1.54, 1.807) is 0 Å². The zero-order chi connectivity index (χ0) is 25.5. The van der Waals surface area contributed by atoms with Gasteiger partial charge in [-0.2, -0.15) is 0 Å². The van der Waals surface area contributed by atoms with Crippen molar-refractivity contribution in [3.63, 3.8) is 0 Å². The lowest BCUT2D eigenvalue weighted by Gasteiger charge is -2.14. The first-order chi connectivity index (χ1) is 16.3. The molecular formula is C34H50. The van der Waals surface area contributed by atoms with Crippen LogP contribution in [0.5, 0.6) is 0 Å². The van der Waals surface area contributed by atoms with E-state index in [2.05, 4.69) is 135 Å². The van der Waals surface area contributed by atoms with Crippen molar-refractivity contribution in [3.05, 3.63) is 106 Å². The average molecular weight is 459 g/mol. The van der Waals surface area contributed by atoms with E-state index in [1.165, 1.54) is 46.2 Å². The molecular weight excluding hydrogens is 408 g/mol. The third-order valence-corrected chi connectivity index (χ3v) is 6.74. The fourth-order valence-corrected chi connectivity index (χ4v) is 4.65. The summed E-state index contributed by atoms with van der Waals surface area (Å²) in [6.07, 6.45) is 4.82. The normalized spacial score (nSPS) is 10.6. The Labute approximate surface area is 211 Å². The number of hydrogen-bond acceptors (Lipinski definition) is 0. The minimum absolute atomic E-state index is 0.642. The number of aryl methyl sites for hydroxylation is 2. The molecule has 0 fully saturated rings. The van der Waals surface area contributed by atoms with Crippen molar-refractivity contribution in [2.75, 3.05) is 0 Å². The Kier molecular flexibility index (Phi) is 14.2. The lowest BCUT2D eigenvalue weighted by molar-refractivity contribution is 0.642. The summed E-state index contributed by atoms with van der Waals surface area (Å²) in [5, 5.41) is 0. The molecule has 0 heteroatoms. The smallest absolute Gasteiger partial charge is 0.0167 e. The molecule has 0 heterocycles. The van der Waals surface area contributed by atoms with Gasteiger partial charge in [-0.15, -0.1) is 0 Å². The summed E-state index contributed by atoms with van der Waals surface area (Å²) < 4.78 is 0. The quantitative estimate of drug-likeness (QED) is 0.330. The summed E-state index contributed by atoms with van der Waals surface area (Å²) in [5.74, 6) is 2.04. The summed E-state index contributed by atoms with van der Waals surface area (Å²) in [6, 6.07) is 26.0. The van der Waals surface area contributed by atoms with E-state index in [0.717, 1.165) is 18.8 Å². The molecule has 0 atom stereocenters. The van der Waals surface area contributed by atoms with Crippen LogP contribution in [0.3, 0.4) is 0 Å². The molecule has 0 radical (unpaired) electrons. The predicted molar refractivity (Wildman–Crippen MR) is 154 cm³/mol. The van der Waals surface area contributed by atoms with Crippen LogP contribution in [0.4, 0.5) is 0 Å². The minimum Gasteiger partial charge on any atom is -0.0648 e. The molecule has 186 valence electrons. The topological polar surface area (TPSA) is 0 Å². The summed E-state index contributed by atoms with van der Waals surface area (Å²) in [6.45, 7) is 20.1. The van der Waals surface area contributed by atoms with E-state index < -0.39 is 0 Å². The van der Waals surface area contributed by atoms with E-state index in [4.69, 9.17) is 0 Å². The molecule has 0 aliphatic carbocycles.